The van der Waals surface area contributed by atoms with Gasteiger partial charge in [0.15, 0.2) is 0 Å². The topological polar surface area (TPSA) is 70.2 Å². The van der Waals surface area contributed by atoms with Gasteiger partial charge in [-0.2, -0.15) is 0 Å². The Morgan fingerprint density at radius 1 is 1.19 bits per heavy atom. The molecule has 0 fully saturated rings. The summed E-state index contributed by atoms with van der Waals surface area (Å²) in [6, 6.07) is 5.27. The van der Waals surface area contributed by atoms with Gasteiger partial charge in [0.05, 0.1) is 0 Å². The molecule has 1 heterocycles. The number of hydrogen-bond donors (Lipinski definition) is 3. The van der Waals surface area contributed by atoms with Gasteiger partial charge >= 0.3 is 0 Å². The highest BCUT2D eigenvalue weighted by Crippen LogP contribution is 2.18. The highest BCUT2D eigenvalue weighted by Gasteiger charge is 2.21. The smallest absolute Gasteiger partial charge is 0.252 e. The summed E-state index contributed by atoms with van der Waals surface area (Å²) in [5.41, 5.74) is 2.93. The molecule has 0 saturated carbocycles. The van der Waals surface area contributed by atoms with Crippen LogP contribution in [0.5, 0.6) is 0 Å². The Morgan fingerprint density at radius 2 is 1.95 bits per heavy atom. The van der Waals surface area contributed by atoms with E-state index in [1.165, 1.54) is 0 Å². The van der Waals surface area contributed by atoms with Crippen molar-refractivity contribution in [2.24, 2.45) is 0 Å². The van der Waals surface area contributed by atoms with E-state index in [1.54, 1.807) is 6.92 Å². The summed E-state index contributed by atoms with van der Waals surface area (Å²) in [7, 11) is 0. The van der Waals surface area contributed by atoms with E-state index in [9.17, 15) is 9.59 Å². The van der Waals surface area contributed by atoms with Crippen molar-refractivity contribution in [3.63, 3.8) is 0 Å². The van der Waals surface area contributed by atoms with Crippen LogP contribution >= 0.6 is 0 Å². The lowest BCUT2D eigenvalue weighted by atomic mass is 9.95. The normalized spacial score (nSPS) is 15.2. The van der Waals surface area contributed by atoms with E-state index in [0.717, 1.165) is 30.6 Å². The zero-order valence-electron chi connectivity index (χ0n) is 12.8. The third-order valence-corrected chi connectivity index (χ3v) is 3.56. The van der Waals surface area contributed by atoms with Crippen LogP contribution in [-0.2, 0) is 17.8 Å². The molecular formula is C16H23N3O2. The van der Waals surface area contributed by atoms with E-state index in [2.05, 4.69) is 16.0 Å². The maximum atomic E-state index is 12.4. The molecule has 5 nitrogen and oxygen atoms in total. The van der Waals surface area contributed by atoms with E-state index in [1.807, 2.05) is 32.0 Å². The summed E-state index contributed by atoms with van der Waals surface area (Å²) in [5, 5.41) is 8.87. The lowest BCUT2D eigenvalue weighted by Gasteiger charge is -2.21. The molecule has 2 amide bonds. The molecule has 0 radical (unpaired) electrons. The summed E-state index contributed by atoms with van der Waals surface area (Å²) >= 11 is 0. The van der Waals surface area contributed by atoms with E-state index in [-0.39, 0.29) is 17.9 Å². The average Bonchev–Trinajstić information content (AvgIpc) is 2.45. The molecule has 1 aromatic carbocycles. The highest BCUT2D eigenvalue weighted by molar-refractivity contribution is 5.98. The number of carbonyl (C=O) groups excluding carboxylic acids is 2. The van der Waals surface area contributed by atoms with Crippen molar-refractivity contribution in [2.45, 2.75) is 45.8 Å². The molecule has 1 aliphatic rings. The molecule has 0 aliphatic carbocycles. The number of carbonyl (C=O) groups is 2. The number of benzene rings is 1. The van der Waals surface area contributed by atoms with Crippen molar-refractivity contribution in [1.82, 2.24) is 16.0 Å². The first-order chi connectivity index (χ1) is 9.99. The maximum Gasteiger partial charge on any atom is 0.252 e. The van der Waals surface area contributed by atoms with Gasteiger partial charge in [-0.25, -0.2) is 0 Å². The molecule has 1 aromatic rings. The van der Waals surface area contributed by atoms with E-state index in [0.29, 0.717) is 5.56 Å². The molecule has 3 N–H and O–H groups in total. The number of amides is 2. The van der Waals surface area contributed by atoms with Gasteiger partial charge < -0.3 is 16.0 Å². The number of nitrogens with one attached hydrogen (secondary N) is 3. The lowest BCUT2D eigenvalue weighted by molar-refractivity contribution is -0.123. The summed E-state index contributed by atoms with van der Waals surface area (Å²) in [5.74, 6) is -0.343. The first kappa shape index (κ1) is 15.5. The molecule has 2 rings (SSSR count). The van der Waals surface area contributed by atoms with Crippen molar-refractivity contribution >= 4 is 11.8 Å². The fourth-order valence-corrected chi connectivity index (χ4v) is 2.49. The van der Waals surface area contributed by atoms with Crippen LogP contribution in [0.25, 0.3) is 0 Å². The van der Waals surface area contributed by atoms with E-state index >= 15 is 0 Å². The van der Waals surface area contributed by atoms with Crippen LogP contribution in [0, 0.1) is 0 Å². The van der Waals surface area contributed by atoms with Crippen molar-refractivity contribution in [3.05, 3.63) is 34.9 Å². The molecule has 5 heteroatoms. The second-order valence-corrected chi connectivity index (χ2v) is 5.73. The second-order valence-electron chi connectivity index (χ2n) is 5.73. The second kappa shape index (κ2) is 6.72. The van der Waals surface area contributed by atoms with Gasteiger partial charge in [0, 0.05) is 18.2 Å². The molecule has 1 atom stereocenters. The molecule has 114 valence electrons. The lowest BCUT2D eigenvalue weighted by Crippen LogP contribution is -2.47. The molecule has 1 aliphatic heterocycles. The minimum Gasteiger partial charge on any atom is -0.352 e. The molecule has 1 unspecified atom stereocenters. The van der Waals surface area contributed by atoms with Gasteiger partial charge in [0.2, 0.25) is 5.91 Å². The Bertz CT molecular complexity index is 540. The van der Waals surface area contributed by atoms with Gasteiger partial charge in [-0.05, 0) is 50.9 Å². The van der Waals surface area contributed by atoms with Crippen LogP contribution < -0.4 is 16.0 Å². The zero-order chi connectivity index (χ0) is 15.4. The summed E-state index contributed by atoms with van der Waals surface area (Å²) in [6.45, 7) is 7.16. The van der Waals surface area contributed by atoms with Crippen LogP contribution in [0.3, 0.4) is 0 Å². The number of fused-ring (bicyclic) bond motifs is 1. The molecule has 0 spiro atoms. The van der Waals surface area contributed by atoms with Gasteiger partial charge in [-0.1, -0.05) is 12.1 Å². The van der Waals surface area contributed by atoms with Crippen molar-refractivity contribution in [1.29, 1.82) is 0 Å². The Morgan fingerprint density at radius 3 is 2.67 bits per heavy atom. The molecule has 0 aromatic heterocycles. The molecule has 0 bridgehead atoms. The average molecular weight is 289 g/mol. The summed E-state index contributed by atoms with van der Waals surface area (Å²) in [4.78, 5) is 24.3. The third kappa shape index (κ3) is 3.82. The van der Waals surface area contributed by atoms with Crippen molar-refractivity contribution in [3.8, 4) is 0 Å². The standard InChI is InChI=1S/C16H23N3O2/c1-10(2)18-15(20)11(3)19-16(21)14-6-4-5-12-9-17-8-7-13(12)14/h4-6,10-11,17H,7-9H2,1-3H3,(H,18,20)(H,19,21). The fraction of sp³-hybridized carbons (Fsp3) is 0.500. The van der Waals surface area contributed by atoms with Crippen LogP contribution in [0.2, 0.25) is 0 Å². The van der Waals surface area contributed by atoms with Gasteiger partial charge in [-0.15, -0.1) is 0 Å². The van der Waals surface area contributed by atoms with E-state index < -0.39 is 6.04 Å². The summed E-state index contributed by atoms with van der Waals surface area (Å²) < 4.78 is 0. The first-order valence-corrected chi connectivity index (χ1v) is 7.41. The SMILES string of the molecule is CC(C)NC(=O)C(C)NC(=O)c1cccc2c1CCNC2. The number of hydrogen-bond acceptors (Lipinski definition) is 3. The minimum absolute atomic E-state index is 0.0624. The quantitative estimate of drug-likeness (QED) is 0.774. The monoisotopic (exact) mass is 289 g/mol. The highest BCUT2D eigenvalue weighted by atomic mass is 16.2. The molecule has 21 heavy (non-hydrogen) atoms. The maximum absolute atomic E-state index is 12.4. The van der Waals surface area contributed by atoms with Crippen LogP contribution in [0.4, 0.5) is 0 Å². The minimum atomic E-state index is -0.544. The van der Waals surface area contributed by atoms with Crippen LogP contribution in [0.1, 0.15) is 42.3 Å². The van der Waals surface area contributed by atoms with Crippen LogP contribution in [0.15, 0.2) is 18.2 Å². The predicted octanol–water partition coefficient (Wildman–Crippen LogP) is 0.975. The largest absolute Gasteiger partial charge is 0.352 e. The fourth-order valence-electron chi connectivity index (χ4n) is 2.49. The van der Waals surface area contributed by atoms with Gasteiger partial charge in [-0.3, -0.25) is 9.59 Å². The Kier molecular flexibility index (Phi) is 4.96. The summed E-state index contributed by atoms with van der Waals surface area (Å²) in [6.07, 6.45) is 0.839. The van der Waals surface area contributed by atoms with Crippen LogP contribution in [-0.4, -0.2) is 30.4 Å². The Balaban J connectivity index is 2.09. The predicted molar refractivity (Wildman–Crippen MR) is 82.1 cm³/mol. The van der Waals surface area contributed by atoms with Gasteiger partial charge in [0.1, 0.15) is 6.04 Å². The molecule has 0 saturated heterocycles. The zero-order valence-corrected chi connectivity index (χ0v) is 12.8. The van der Waals surface area contributed by atoms with E-state index in [4.69, 9.17) is 0 Å². The third-order valence-electron chi connectivity index (χ3n) is 3.56. The number of rotatable bonds is 4. The van der Waals surface area contributed by atoms with Crippen molar-refractivity contribution < 1.29 is 9.59 Å². The Hall–Kier alpha value is -1.88. The van der Waals surface area contributed by atoms with Crippen molar-refractivity contribution in [2.75, 3.05) is 6.54 Å². The Labute approximate surface area is 125 Å². The first-order valence-electron chi connectivity index (χ1n) is 7.41. The van der Waals surface area contributed by atoms with Gasteiger partial charge in [0.25, 0.3) is 5.91 Å². The molecular weight excluding hydrogens is 266 g/mol.